The van der Waals surface area contributed by atoms with Crippen molar-refractivity contribution < 1.29 is 44.6 Å². The lowest BCUT2D eigenvalue weighted by Crippen LogP contribution is -2.44. The molecule has 0 spiro atoms. The molecule has 14 atom stereocenters. The van der Waals surface area contributed by atoms with Crippen molar-refractivity contribution in [1.29, 1.82) is 0 Å². The molecule has 0 aromatic heterocycles. The molecule has 9 heteroatoms. The van der Waals surface area contributed by atoms with E-state index in [0.29, 0.717) is 25.7 Å². The second-order valence-electron chi connectivity index (χ2n) is 17.1. The highest BCUT2D eigenvalue weighted by Gasteiger charge is 2.51. The van der Waals surface area contributed by atoms with Crippen LogP contribution in [0, 0.1) is 41.4 Å². The molecular formula is C41H72O9. The van der Waals surface area contributed by atoms with Crippen molar-refractivity contribution in [1.82, 2.24) is 0 Å². The Hall–Kier alpha value is -1.78. The molecule has 50 heavy (non-hydrogen) atoms. The summed E-state index contributed by atoms with van der Waals surface area (Å²) in [5, 5.41) is 51.9. The number of carbonyl (C=O) groups is 2. The molecule has 0 aromatic rings. The lowest BCUT2D eigenvalue weighted by atomic mass is 9.85. The van der Waals surface area contributed by atoms with Gasteiger partial charge in [0.1, 0.15) is 0 Å². The summed E-state index contributed by atoms with van der Waals surface area (Å²) in [6, 6.07) is 0. The molecule has 5 N–H and O–H groups in total. The fraction of sp³-hybridized carbons (Fsp3) is 0.854. The van der Waals surface area contributed by atoms with E-state index < -0.39 is 35.5 Å². The van der Waals surface area contributed by atoms with Gasteiger partial charge in [-0.1, -0.05) is 60.6 Å². The minimum Gasteiger partial charge on any atom is -0.512 e. The van der Waals surface area contributed by atoms with Gasteiger partial charge in [-0.2, -0.15) is 0 Å². The molecule has 2 aliphatic heterocycles. The Morgan fingerprint density at radius 3 is 2.06 bits per heavy atom. The van der Waals surface area contributed by atoms with Crippen molar-refractivity contribution in [2.45, 2.75) is 182 Å². The first-order valence-corrected chi connectivity index (χ1v) is 19.4. The summed E-state index contributed by atoms with van der Waals surface area (Å²) >= 11 is 0. The standard InChI is InChI=1S/C41H72O9/c1-25(21-29(5)34(43)24-35(44)30(6)22-27(3)20-26(2)14-15-38(46)47)12-11-13-28(4)39(48)31(7)36(45)23-33-16-18-41(10,49-33)37-17-19-40(9,50-37)32(8)42/h11,13,24-33,36-37,39,42-43,45,48H,12,14-23H2,1-10H3,(H,46,47)/b13-11+,34-24-/t25-,26-,27+,28-,29-,30+,31+,32-,33?,36+,37?,39-,40+,41+/m1/s1. The highest BCUT2D eigenvalue weighted by molar-refractivity contribution is 5.91. The summed E-state index contributed by atoms with van der Waals surface area (Å²) in [4.78, 5) is 23.7. The first-order valence-electron chi connectivity index (χ1n) is 19.4. The van der Waals surface area contributed by atoms with Crippen LogP contribution in [-0.2, 0) is 19.1 Å². The van der Waals surface area contributed by atoms with Crippen molar-refractivity contribution >= 4 is 11.8 Å². The summed E-state index contributed by atoms with van der Waals surface area (Å²) in [7, 11) is 0. The Morgan fingerprint density at radius 1 is 0.820 bits per heavy atom. The van der Waals surface area contributed by atoms with Gasteiger partial charge in [-0.3, -0.25) is 9.59 Å². The van der Waals surface area contributed by atoms with Crippen molar-refractivity contribution in [3.63, 3.8) is 0 Å². The van der Waals surface area contributed by atoms with Crippen LogP contribution in [0.3, 0.4) is 0 Å². The molecule has 2 rings (SSSR count). The first kappa shape index (κ1) is 44.4. The number of hydrogen-bond donors (Lipinski definition) is 5. The van der Waals surface area contributed by atoms with Gasteiger partial charge in [-0.05, 0) is 103 Å². The van der Waals surface area contributed by atoms with Crippen LogP contribution in [0.1, 0.15) is 140 Å². The minimum absolute atomic E-state index is 0.0809. The van der Waals surface area contributed by atoms with E-state index in [0.717, 1.165) is 38.5 Å². The zero-order chi connectivity index (χ0) is 38.0. The van der Waals surface area contributed by atoms with E-state index in [9.17, 15) is 30.0 Å². The van der Waals surface area contributed by atoms with Gasteiger partial charge in [-0.25, -0.2) is 0 Å². The second-order valence-corrected chi connectivity index (χ2v) is 17.1. The van der Waals surface area contributed by atoms with Crippen LogP contribution in [0.15, 0.2) is 24.0 Å². The van der Waals surface area contributed by atoms with E-state index in [1.807, 2.05) is 40.7 Å². The fourth-order valence-corrected chi connectivity index (χ4v) is 8.02. The molecule has 0 aromatic carbocycles. The molecule has 290 valence electrons. The molecule has 2 heterocycles. The summed E-state index contributed by atoms with van der Waals surface area (Å²) < 4.78 is 12.7. The van der Waals surface area contributed by atoms with Crippen LogP contribution < -0.4 is 0 Å². The van der Waals surface area contributed by atoms with Crippen molar-refractivity contribution in [2.75, 3.05) is 0 Å². The van der Waals surface area contributed by atoms with E-state index >= 15 is 0 Å². The number of aliphatic carboxylic acids is 1. The third-order valence-corrected chi connectivity index (χ3v) is 11.9. The highest BCUT2D eigenvalue weighted by Crippen LogP contribution is 2.45. The van der Waals surface area contributed by atoms with Crippen LogP contribution in [0.2, 0.25) is 0 Å². The average molecular weight is 709 g/mol. The molecule has 2 fully saturated rings. The zero-order valence-corrected chi connectivity index (χ0v) is 32.8. The maximum atomic E-state index is 12.8. The molecule has 2 unspecified atom stereocenters. The van der Waals surface area contributed by atoms with Gasteiger partial charge in [0.2, 0.25) is 0 Å². The largest absolute Gasteiger partial charge is 0.512 e. The van der Waals surface area contributed by atoms with Gasteiger partial charge in [0.25, 0.3) is 0 Å². The Morgan fingerprint density at radius 2 is 1.46 bits per heavy atom. The predicted octanol–water partition coefficient (Wildman–Crippen LogP) is 7.80. The number of aliphatic hydroxyl groups excluding tert-OH is 4. The number of carboxylic acids is 1. The number of hydrogen-bond acceptors (Lipinski definition) is 8. The Labute approximate surface area is 302 Å². The monoisotopic (exact) mass is 709 g/mol. The summed E-state index contributed by atoms with van der Waals surface area (Å²) in [5.74, 6) is -0.810. The molecule has 0 aliphatic carbocycles. The summed E-state index contributed by atoms with van der Waals surface area (Å²) in [6.45, 7) is 19.7. The highest BCUT2D eigenvalue weighted by atomic mass is 16.6. The smallest absolute Gasteiger partial charge is 0.303 e. The lowest BCUT2D eigenvalue weighted by molar-refractivity contribution is -0.172. The number of aliphatic hydroxyl groups is 4. The second kappa shape index (κ2) is 19.9. The SMILES string of the molecule is C[C@H](CCC(=O)O)C[C@H](C)C[C@H](C)C(=O)/C=C(\O)[C@H](C)C[C@H](C)C/C=C/[C@@H](C)[C@@H](O)[C@@H](C)[C@@H](O)CC1CC[C@@](C)(C2CC[C@@](C)([C@@H](C)O)O2)O1. The number of carbonyl (C=O) groups excluding carboxylic acids is 1. The summed E-state index contributed by atoms with van der Waals surface area (Å²) in [6.07, 6.45) is 10.8. The van der Waals surface area contributed by atoms with E-state index in [1.165, 1.54) is 6.08 Å². The summed E-state index contributed by atoms with van der Waals surface area (Å²) in [5.41, 5.74) is -1.01. The van der Waals surface area contributed by atoms with Crippen LogP contribution in [0.25, 0.3) is 0 Å². The van der Waals surface area contributed by atoms with E-state index in [1.54, 1.807) is 6.92 Å². The Kier molecular flexibility index (Phi) is 17.7. The maximum Gasteiger partial charge on any atom is 0.303 e. The molecule has 0 radical (unpaired) electrons. The van der Waals surface area contributed by atoms with Gasteiger partial charge in [0.15, 0.2) is 5.78 Å². The topological polar surface area (TPSA) is 154 Å². The number of allylic oxidation sites excluding steroid dienone is 3. The molecular weight excluding hydrogens is 636 g/mol. The molecule has 2 saturated heterocycles. The predicted molar refractivity (Wildman–Crippen MR) is 198 cm³/mol. The van der Waals surface area contributed by atoms with Crippen LogP contribution >= 0.6 is 0 Å². The zero-order valence-electron chi connectivity index (χ0n) is 32.8. The molecule has 0 bridgehead atoms. The number of carboxylic acid groups (broad SMARTS) is 1. The Bertz CT molecular complexity index is 1120. The van der Waals surface area contributed by atoms with Crippen LogP contribution in [0.5, 0.6) is 0 Å². The normalized spacial score (nSPS) is 30.7. The fourth-order valence-electron chi connectivity index (χ4n) is 8.02. The van der Waals surface area contributed by atoms with E-state index in [-0.39, 0.29) is 71.6 Å². The van der Waals surface area contributed by atoms with Gasteiger partial charge >= 0.3 is 5.97 Å². The molecule has 0 amide bonds. The third kappa shape index (κ3) is 13.6. The first-order chi connectivity index (χ1) is 23.2. The van der Waals surface area contributed by atoms with Crippen LogP contribution in [0.4, 0.5) is 0 Å². The minimum atomic E-state index is -0.781. The number of ketones is 1. The number of rotatable bonds is 22. The average Bonchev–Trinajstić information content (AvgIpc) is 3.63. The van der Waals surface area contributed by atoms with Gasteiger partial charge < -0.3 is 35.0 Å². The van der Waals surface area contributed by atoms with E-state index in [2.05, 4.69) is 33.8 Å². The van der Waals surface area contributed by atoms with Gasteiger partial charge in [0.05, 0.1) is 47.5 Å². The molecule has 2 aliphatic rings. The maximum absolute atomic E-state index is 12.8. The molecule has 0 saturated carbocycles. The van der Waals surface area contributed by atoms with Gasteiger partial charge in [-0.15, -0.1) is 0 Å². The van der Waals surface area contributed by atoms with E-state index in [4.69, 9.17) is 14.6 Å². The van der Waals surface area contributed by atoms with Crippen molar-refractivity contribution in [2.24, 2.45) is 41.4 Å². The van der Waals surface area contributed by atoms with Crippen LogP contribution in [-0.4, -0.2) is 79.0 Å². The third-order valence-electron chi connectivity index (χ3n) is 11.9. The Balaban J connectivity index is 1.77. The van der Waals surface area contributed by atoms with Crippen molar-refractivity contribution in [3.8, 4) is 0 Å². The quantitative estimate of drug-likeness (QED) is 0.0431. The number of ether oxygens (including phenoxy) is 2. The van der Waals surface area contributed by atoms with Crippen molar-refractivity contribution in [3.05, 3.63) is 24.0 Å². The molecule has 9 nitrogen and oxygen atoms in total. The lowest BCUT2D eigenvalue weighted by Gasteiger charge is -2.35. The van der Waals surface area contributed by atoms with Gasteiger partial charge in [0, 0.05) is 36.2 Å².